The molecule has 0 unspecified atom stereocenters. The average molecular weight is 622 g/mol. The maximum Gasteiger partial charge on any atom is 0.339 e. The molecule has 10 heteroatoms. The number of hydrogen-bond acceptors (Lipinski definition) is 6. The molecule has 0 saturated carbocycles. The van der Waals surface area contributed by atoms with Crippen molar-refractivity contribution >= 4 is 52.3 Å². The third-order valence-electron chi connectivity index (χ3n) is 7.07. The van der Waals surface area contributed by atoms with Gasteiger partial charge in [0.25, 0.3) is 0 Å². The standard InChI is InChI=1S/C36H39N5O5/c1-23(2)20-32(34(43)38-28-18-19-29(35(44)46-4)31(22-28)37-26-11-6-5-7-12-26)40-33(42)21-25-14-16-27(17-15-25)39-36(45)41-30-13-9-8-10-24(30)3/h5-19,22-23,32,37H,20-21H2,1-4H3,(H,38,43)(H,40,42)(H2,39,41,45)/t32-/m0/s1. The van der Waals surface area contributed by atoms with Gasteiger partial charge in [-0.3, -0.25) is 9.59 Å². The monoisotopic (exact) mass is 621 g/mol. The molecule has 5 N–H and O–H groups in total. The first-order valence-electron chi connectivity index (χ1n) is 15.0. The Morgan fingerprint density at radius 2 is 1.39 bits per heavy atom. The molecule has 0 aromatic heterocycles. The number of methoxy groups -OCH3 is 1. The van der Waals surface area contributed by atoms with Crippen molar-refractivity contribution in [1.82, 2.24) is 5.32 Å². The topological polar surface area (TPSA) is 138 Å². The van der Waals surface area contributed by atoms with Gasteiger partial charge in [0.2, 0.25) is 11.8 Å². The van der Waals surface area contributed by atoms with E-state index in [-0.39, 0.29) is 30.2 Å². The molecule has 0 fully saturated rings. The minimum Gasteiger partial charge on any atom is -0.465 e. The highest BCUT2D eigenvalue weighted by molar-refractivity contribution is 6.01. The molecular weight excluding hydrogens is 582 g/mol. The molecule has 0 aliphatic carbocycles. The Labute approximate surface area is 268 Å². The van der Waals surface area contributed by atoms with Gasteiger partial charge in [-0.1, -0.05) is 62.4 Å². The molecule has 238 valence electrons. The summed E-state index contributed by atoms with van der Waals surface area (Å²) < 4.78 is 4.92. The van der Waals surface area contributed by atoms with Crippen LogP contribution < -0.4 is 26.6 Å². The Kier molecular flexibility index (Phi) is 11.5. The van der Waals surface area contributed by atoms with Crippen molar-refractivity contribution in [3.8, 4) is 0 Å². The van der Waals surface area contributed by atoms with Crippen LogP contribution >= 0.6 is 0 Å². The lowest BCUT2D eigenvalue weighted by Gasteiger charge is -2.21. The molecule has 0 spiro atoms. The van der Waals surface area contributed by atoms with Gasteiger partial charge >= 0.3 is 12.0 Å². The highest BCUT2D eigenvalue weighted by Gasteiger charge is 2.23. The highest BCUT2D eigenvalue weighted by Crippen LogP contribution is 2.26. The Bertz CT molecular complexity index is 1670. The summed E-state index contributed by atoms with van der Waals surface area (Å²) in [6, 6.07) is 27.4. The smallest absolute Gasteiger partial charge is 0.339 e. The molecule has 4 amide bonds. The maximum atomic E-state index is 13.4. The highest BCUT2D eigenvalue weighted by atomic mass is 16.5. The van der Waals surface area contributed by atoms with Crippen LogP contribution in [-0.4, -0.2) is 37.0 Å². The summed E-state index contributed by atoms with van der Waals surface area (Å²) in [7, 11) is 1.31. The fraction of sp³-hybridized carbons (Fsp3) is 0.222. The van der Waals surface area contributed by atoms with Crippen molar-refractivity contribution in [2.75, 3.05) is 28.4 Å². The van der Waals surface area contributed by atoms with Gasteiger partial charge in [0.1, 0.15) is 6.04 Å². The second-order valence-corrected chi connectivity index (χ2v) is 11.2. The van der Waals surface area contributed by atoms with E-state index in [0.29, 0.717) is 29.0 Å². The largest absolute Gasteiger partial charge is 0.465 e. The molecule has 0 bridgehead atoms. The van der Waals surface area contributed by atoms with E-state index in [1.165, 1.54) is 7.11 Å². The van der Waals surface area contributed by atoms with Gasteiger partial charge in [-0.2, -0.15) is 0 Å². The van der Waals surface area contributed by atoms with Gasteiger partial charge in [-0.05, 0) is 78.9 Å². The van der Waals surface area contributed by atoms with Crippen molar-refractivity contribution in [3.05, 3.63) is 114 Å². The number of carbonyl (C=O) groups excluding carboxylic acids is 4. The summed E-state index contributed by atoms with van der Waals surface area (Å²) in [5.41, 5.74) is 4.95. The zero-order valence-corrected chi connectivity index (χ0v) is 26.3. The van der Waals surface area contributed by atoms with Crippen LogP contribution in [0.5, 0.6) is 0 Å². The van der Waals surface area contributed by atoms with Gasteiger partial charge in [-0.25, -0.2) is 9.59 Å². The van der Waals surface area contributed by atoms with E-state index in [1.54, 1.807) is 42.5 Å². The van der Waals surface area contributed by atoms with Crippen LogP contribution in [0.2, 0.25) is 0 Å². The second-order valence-electron chi connectivity index (χ2n) is 11.2. The molecular formula is C36H39N5O5. The third-order valence-corrected chi connectivity index (χ3v) is 7.07. The van der Waals surface area contributed by atoms with E-state index in [9.17, 15) is 19.2 Å². The molecule has 0 aliphatic heterocycles. The Morgan fingerprint density at radius 3 is 2.07 bits per heavy atom. The second kappa shape index (κ2) is 15.9. The first kappa shape index (κ1) is 33.3. The fourth-order valence-corrected chi connectivity index (χ4v) is 4.76. The number of urea groups is 1. The van der Waals surface area contributed by atoms with E-state index < -0.39 is 12.0 Å². The molecule has 10 nitrogen and oxygen atoms in total. The Balaban J connectivity index is 1.38. The summed E-state index contributed by atoms with van der Waals surface area (Å²) in [6.07, 6.45) is 0.475. The molecule has 4 aromatic rings. The summed E-state index contributed by atoms with van der Waals surface area (Å²) in [6.45, 7) is 5.86. The summed E-state index contributed by atoms with van der Waals surface area (Å²) >= 11 is 0. The summed E-state index contributed by atoms with van der Waals surface area (Å²) in [5, 5.41) is 14.6. The number of anilines is 5. The van der Waals surface area contributed by atoms with Gasteiger partial charge in [0.15, 0.2) is 0 Å². The van der Waals surface area contributed by atoms with E-state index >= 15 is 0 Å². The van der Waals surface area contributed by atoms with Crippen LogP contribution in [0.25, 0.3) is 0 Å². The number of rotatable bonds is 12. The molecule has 4 aromatic carbocycles. The van der Waals surface area contributed by atoms with Gasteiger partial charge < -0.3 is 31.3 Å². The number of benzene rings is 4. The van der Waals surface area contributed by atoms with Crippen molar-refractivity contribution in [2.45, 2.75) is 39.7 Å². The first-order chi connectivity index (χ1) is 22.1. The Morgan fingerprint density at radius 1 is 0.717 bits per heavy atom. The zero-order valence-electron chi connectivity index (χ0n) is 26.3. The van der Waals surface area contributed by atoms with Crippen molar-refractivity contribution in [2.24, 2.45) is 5.92 Å². The molecule has 0 aliphatic rings. The van der Waals surface area contributed by atoms with Crippen LogP contribution in [0.1, 0.15) is 41.8 Å². The van der Waals surface area contributed by atoms with Crippen LogP contribution in [-0.2, 0) is 20.7 Å². The number of ether oxygens (including phenoxy) is 1. The number of para-hydroxylation sites is 2. The average Bonchev–Trinajstić information content (AvgIpc) is 3.03. The van der Waals surface area contributed by atoms with Gasteiger partial charge in [0.05, 0.1) is 24.8 Å². The lowest BCUT2D eigenvalue weighted by molar-refractivity contribution is -0.126. The van der Waals surface area contributed by atoms with E-state index in [1.807, 2.05) is 75.4 Å². The predicted molar refractivity (Wildman–Crippen MR) is 181 cm³/mol. The number of hydrogen-bond donors (Lipinski definition) is 5. The third kappa shape index (κ3) is 9.68. The predicted octanol–water partition coefficient (Wildman–Crippen LogP) is 6.88. The normalized spacial score (nSPS) is 11.2. The van der Waals surface area contributed by atoms with Crippen molar-refractivity contribution in [1.29, 1.82) is 0 Å². The number of carbonyl (C=O) groups is 4. The molecule has 0 saturated heterocycles. The molecule has 0 heterocycles. The minimum atomic E-state index is -0.788. The molecule has 4 rings (SSSR count). The summed E-state index contributed by atoms with van der Waals surface area (Å²) in [4.78, 5) is 51.2. The van der Waals surface area contributed by atoms with E-state index in [2.05, 4.69) is 26.6 Å². The zero-order chi connectivity index (χ0) is 33.1. The van der Waals surface area contributed by atoms with Crippen molar-refractivity contribution in [3.63, 3.8) is 0 Å². The van der Waals surface area contributed by atoms with Crippen LogP contribution in [0, 0.1) is 12.8 Å². The number of nitrogens with one attached hydrogen (secondary N) is 5. The molecule has 46 heavy (non-hydrogen) atoms. The lowest BCUT2D eigenvalue weighted by atomic mass is 10.0. The summed E-state index contributed by atoms with van der Waals surface area (Å²) in [5.74, 6) is -1.08. The van der Waals surface area contributed by atoms with Crippen molar-refractivity contribution < 1.29 is 23.9 Å². The minimum absolute atomic E-state index is 0.0521. The first-order valence-corrected chi connectivity index (χ1v) is 15.0. The molecule has 1 atom stereocenters. The van der Waals surface area contributed by atoms with Crippen LogP contribution in [0.4, 0.5) is 33.2 Å². The number of aryl methyl sites for hydroxylation is 1. The Hall–Kier alpha value is -5.64. The van der Waals surface area contributed by atoms with Gasteiger partial charge in [-0.15, -0.1) is 0 Å². The quantitative estimate of drug-likeness (QED) is 0.109. The number of esters is 1. The van der Waals surface area contributed by atoms with Gasteiger partial charge in [0, 0.05) is 22.7 Å². The van der Waals surface area contributed by atoms with E-state index in [0.717, 1.165) is 22.5 Å². The van der Waals surface area contributed by atoms with Crippen LogP contribution in [0.15, 0.2) is 97.1 Å². The van der Waals surface area contributed by atoms with E-state index in [4.69, 9.17) is 4.74 Å². The number of amides is 4. The maximum absolute atomic E-state index is 13.4. The molecule has 0 radical (unpaired) electrons. The van der Waals surface area contributed by atoms with Crippen LogP contribution in [0.3, 0.4) is 0 Å². The lowest BCUT2D eigenvalue weighted by Crippen LogP contribution is -2.45. The SMILES string of the molecule is COC(=O)c1ccc(NC(=O)[C@H](CC(C)C)NC(=O)Cc2ccc(NC(=O)Nc3ccccc3C)cc2)cc1Nc1ccccc1. The fourth-order valence-electron chi connectivity index (χ4n) is 4.76.